The first-order chi connectivity index (χ1) is 4.33. The maximum Gasteiger partial charge on any atom is 0.210 e. The summed E-state index contributed by atoms with van der Waals surface area (Å²) in [5.74, 6) is 0.106. The number of aromatic nitrogens is 1. The van der Waals surface area contributed by atoms with Gasteiger partial charge in [0.2, 0.25) is 5.88 Å². The van der Waals surface area contributed by atoms with Crippen molar-refractivity contribution in [2.45, 2.75) is 6.82 Å². The summed E-state index contributed by atoms with van der Waals surface area (Å²) in [5.41, 5.74) is 0.926. The fourth-order valence-electron chi connectivity index (χ4n) is 0.664. The Hall–Kier alpha value is -0.985. The van der Waals surface area contributed by atoms with Gasteiger partial charge in [0.05, 0.1) is 0 Å². The van der Waals surface area contributed by atoms with Gasteiger partial charge in [-0.1, -0.05) is 19.0 Å². The molecule has 46 valence electrons. The van der Waals surface area contributed by atoms with Gasteiger partial charge in [-0.2, -0.15) is 0 Å². The van der Waals surface area contributed by atoms with E-state index < -0.39 is 0 Å². The molecular weight excluding hydrogens is 113 g/mol. The number of pyridine rings is 1. The van der Waals surface area contributed by atoms with Crippen molar-refractivity contribution in [1.82, 2.24) is 4.98 Å². The molecule has 1 rings (SSSR count). The predicted octanol–water partition coefficient (Wildman–Crippen LogP) is -0.103. The van der Waals surface area contributed by atoms with Gasteiger partial charge in [0.1, 0.15) is 0 Å². The van der Waals surface area contributed by atoms with E-state index in [-0.39, 0.29) is 5.88 Å². The van der Waals surface area contributed by atoms with E-state index in [9.17, 15) is 0 Å². The second-order valence-corrected chi connectivity index (χ2v) is 1.84. The van der Waals surface area contributed by atoms with E-state index in [1.165, 1.54) is 0 Å². The van der Waals surface area contributed by atoms with Crippen LogP contribution in [0.2, 0.25) is 6.82 Å². The molecule has 0 spiro atoms. The van der Waals surface area contributed by atoms with Gasteiger partial charge >= 0.3 is 0 Å². The molecule has 0 unspecified atom stereocenters. The highest BCUT2D eigenvalue weighted by molar-refractivity contribution is 6.50. The van der Waals surface area contributed by atoms with Crippen molar-refractivity contribution in [2.24, 2.45) is 0 Å². The zero-order valence-corrected chi connectivity index (χ0v) is 5.33. The lowest BCUT2D eigenvalue weighted by atomic mass is 9.78. The van der Waals surface area contributed by atoms with Gasteiger partial charge in [-0.3, -0.25) is 0 Å². The van der Waals surface area contributed by atoms with Gasteiger partial charge in [0, 0.05) is 11.7 Å². The van der Waals surface area contributed by atoms with Crippen molar-refractivity contribution in [3.05, 3.63) is 18.2 Å². The van der Waals surface area contributed by atoms with E-state index in [2.05, 4.69) is 4.98 Å². The van der Waals surface area contributed by atoms with E-state index >= 15 is 0 Å². The molecule has 0 saturated carbocycles. The van der Waals surface area contributed by atoms with Gasteiger partial charge in [-0.15, -0.1) is 0 Å². The van der Waals surface area contributed by atoms with Crippen LogP contribution in [-0.4, -0.2) is 17.4 Å². The van der Waals surface area contributed by atoms with Crippen molar-refractivity contribution in [3.63, 3.8) is 0 Å². The molecular formula is C6H8BNO. The lowest BCUT2D eigenvalue weighted by Crippen LogP contribution is -2.13. The van der Waals surface area contributed by atoms with Crippen molar-refractivity contribution in [2.75, 3.05) is 0 Å². The first-order valence-electron chi connectivity index (χ1n) is 2.98. The van der Waals surface area contributed by atoms with E-state index in [1.54, 1.807) is 12.1 Å². The van der Waals surface area contributed by atoms with Gasteiger partial charge in [0.25, 0.3) is 0 Å². The van der Waals surface area contributed by atoms with Crippen LogP contribution in [-0.2, 0) is 0 Å². The molecule has 0 bridgehead atoms. The minimum Gasteiger partial charge on any atom is -0.493 e. The zero-order valence-electron chi connectivity index (χ0n) is 5.33. The predicted molar refractivity (Wildman–Crippen MR) is 38.5 cm³/mol. The Balaban J connectivity index is 2.94. The fourth-order valence-corrected chi connectivity index (χ4v) is 0.664. The number of aromatic hydroxyl groups is 1. The summed E-state index contributed by atoms with van der Waals surface area (Å²) in [7, 11) is 0.869. The second kappa shape index (κ2) is 2.53. The summed E-state index contributed by atoms with van der Waals surface area (Å²) in [4.78, 5) is 3.85. The van der Waals surface area contributed by atoms with Crippen molar-refractivity contribution < 1.29 is 5.11 Å². The smallest absolute Gasteiger partial charge is 0.210 e. The van der Waals surface area contributed by atoms with Crippen molar-refractivity contribution >= 4 is 12.9 Å². The van der Waals surface area contributed by atoms with Crippen LogP contribution < -0.4 is 5.59 Å². The maximum atomic E-state index is 8.83. The lowest BCUT2D eigenvalue weighted by Gasteiger charge is -1.92. The molecule has 0 atom stereocenters. The molecule has 0 saturated heterocycles. The molecule has 9 heavy (non-hydrogen) atoms. The minimum absolute atomic E-state index is 0.106. The van der Waals surface area contributed by atoms with Crippen LogP contribution in [0.3, 0.4) is 0 Å². The van der Waals surface area contributed by atoms with Crippen LogP contribution in [0.15, 0.2) is 18.2 Å². The molecule has 1 aromatic heterocycles. The summed E-state index contributed by atoms with van der Waals surface area (Å²) in [6.07, 6.45) is 0. The van der Waals surface area contributed by atoms with Crippen LogP contribution in [0.1, 0.15) is 0 Å². The Bertz CT molecular complexity index is 202. The third kappa shape index (κ3) is 1.45. The first kappa shape index (κ1) is 6.14. The van der Waals surface area contributed by atoms with Gasteiger partial charge in [0.15, 0.2) is 7.28 Å². The van der Waals surface area contributed by atoms with Gasteiger partial charge in [-0.05, 0) is 0 Å². The third-order valence-electron chi connectivity index (χ3n) is 1.15. The van der Waals surface area contributed by atoms with Crippen LogP contribution in [0.4, 0.5) is 0 Å². The minimum atomic E-state index is 0.106. The molecule has 3 heteroatoms. The highest BCUT2D eigenvalue weighted by Crippen LogP contribution is 1.95. The maximum absolute atomic E-state index is 8.83. The average Bonchev–Trinajstić information content (AvgIpc) is 1.88. The summed E-state index contributed by atoms with van der Waals surface area (Å²) in [5, 5.41) is 8.83. The molecule has 0 aliphatic heterocycles. The topological polar surface area (TPSA) is 33.1 Å². The first-order valence-corrected chi connectivity index (χ1v) is 2.98. The van der Waals surface area contributed by atoms with Gasteiger partial charge < -0.3 is 5.11 Å². The van der Waals surface area contributed by atoms with Crippen LogP contribution >= 0.6 is 0 Å². The SMILES string of the molecule is CBc1cccc(O)n1. The van der Waals surface area contributed by atoms with Crippen molar-refractivity contribution in [3.8, 4) is 5.88 Å². The summed E-state index contributed by atoms with van der Waals surface area (Å²) < 4.78 is 0. The van der Waals surface area contributed by atoms with Crippen molar-refractivity contribution in [1.29, 1.82) is 0 Å². The molecule has 2 nitrogen and oxygen atoms in total. The van der Waals surface area contributed by atoms with Crippen LogP contribution in [0.25, 0.3) is 0 Å². The number of hydrogen-bond acceptors (Lipinski definition) is 2. The normalized spacial score (nSPS) is 9.00. The monoisotopic (exact) mass is 121 g/mol. The largest absolute Gasteiger partial charge is 0.493 e. The standard InChI is InChI=1S/C6H8BNO/c1-7-5-3-2-4-6(9)8-5/h2-4,7H,1H3,(H,8,9). The van der Waals surface area contributed by atoms with Crippen LogP contribution in [0.5, 0.6) is 5.88 Å². The molecule has 1 N–H and O–H groups in total. The highest BCUT2D eigenvalue weighted by atomic mass is 16.3. The Morgan fingerprint density at radius 2 is 2.33 bits per heavy atom. The number of hydrogen-bond donors (Lipinski definition) is 1. The van der Waals surface area contributed by atoms with Gasteiger partial charge in [-0.25, -0.2) is 4.98 Å². The number of rotatable bonds is 1. The highest BCUT2D eigenvalue weighted by Gasteiger charge is 1.90. The van der Waals surface area contributed by atoms with E-state index in [1.807, 2.05) is 12.9 Å². The van der Waals surface area contributed by atoms with E-state index in [4.69, 9.17) is 5.11 Å². The van der Waals surface area contributed by atoms with E-state index in [0.29, 0.717) is 0 Å². The lowest BCUT2D eigenvalue weighted by molar-refractivity contribution is 0.455. The molecule has 0 amide bonds. The molecule has 1 heterocycles. The molecule has 0 aliphatic carbocycles. The Morgan fingerprint density at radius 3 is 2.78 bits per heavy atom. The second-order valence-electron chi connectivity index (χ2n) is 1.84. The molecule has 0 radical (unpaired) electrons. The average molecular weight is 121 g/mol. The molecule has 0 fully saturated rings. The van der Waals surface area contributed by atoms with Crippen LogP contribution in [0, 0.1) is 0 Å². The summed E-state index contributed by atoms with van der Waals surface area (Å²) in [6, 6.07) is 5.25. The molecule has 1 aromatic rings. The Labute approximate surface area is 54.8 Å². The summed E-state index contributed by atoms with van der Waals surface area (Å²) >= 11 is 0. The molecule has 0 aromatic carbocycles. The fraction of sp³-hybridized carbons (Fsp3) is 0.167. The quantitative estimate of drug-likeness (QED) is 0.526. The summed E-state index contributed by atoms with van der Waals surface area (Å²) in [6.45, 7) is 2.00. The Morgan fingerprint density at radius 1 is 1.56 bits per heavy atom. The van der Waals surface area contributed by atoms with E-state index in [0.717, 1.165) is 12.9 Å². The zero-order chi connectivity index (χ0) is 6.69. The molecule has 0 aliphatic rings. The third-order valence-corrected chi connectivity index (χ3v) is 1.15. The Kier molecular flexibility index (Phi) is 1.73. The number of nitrogens with zero attached hydrogens (tertiary/aromatic N) is 1.